The smallest absolute Gasteiger partial charge is 0.220 e. The maximum Gasteiger partial charge on any atom is 0.220 e. The molecule has 0 bridgehead atoms. The van der Waals surface area contributed by atoms with Crippen LogP contribution in [0.25, 0.3) is 0 Å². The van der Waals surface area contributed by atoms with Crippen molar-refractivity contribution in [3.63, 3.8) is 0 Å². The topological polar surface area (TPSA) is 58.4 Å². The number of rotatable bonds is 9. The Morgan fingerprint density at radius 1 is 1.24 bits per heavy atom. The monoisotopic (exact) mass is 291 g/mol. The molecule has 1 aromatic rings. The van der Waals surface area contributed by atoms with Crippen molar-refractivity contribution < 1.29 is 4.79 Å². The van der Waals surface area contributed by atoms with E-state index in [0.717, 1.165) is 43.9 Å². The second-order valence-corrected chi connectivity index (χ2v) is 5.56. The molecule has 0 spiro atoms. The van der Waals surface area contributed by atoms with Crippen LogP contribution in [-0.2, 0) is 4.79 Å². The first-order valence-electron chi connectivity index (χ1n) is 7.91. The summed E-state index contributed by atoms with van der Waals surface area (Å²) < 4.78 is 0. The van der Waals surface area contributed by atoms with Gasteiger partial charge in [-0.05, 0) is 43.1 Å². The number of nitrogens with zero attached hydrogens (tertiary/aromatic N) is 1. The van der Waals surface area contributed by atoms with Crippen LogP contribution in [0.3, 0.4) is 0 Å². The van der Waals surface area contributed by atoms with Gasteiger partial charge in [0.25, 0.3) is 0 Å². The lowest BCUT2D eigenvalue weighted by Gasteiger charge is -2.20. The van der Waals surface area contributed by atoms with Crippen molar-refractivity contribution in [1.29, 1.82) is 0 Å². The Bertz CT molecular complexity index is 417. The number of carbonyl (C=O) groups excluding carboxylic acids is 1. The van der Waals surface area contributed by atoms with Gasteiger partial charge in [0.15, 0.2) is 0 Å². The molecular formula is C17H29N3O. The summed E-state index contributed by atoms with van der Waals surface area (Å²) in [4.78, 5) is 14.3. The Balaban J connectivity index is 2.31. The van der Waals surface area contributed by atoms with E-state index in [1.807, 2.05) is 24.3 Å². The van der Waals surface area contributed by atoms with Gasteiger partial charge >= 0.3 is 0 Å². The molecule has 1 atom stereocenters. The van der Waals surface area contributed by atoms with Gasteiger partial charge in [-0.2, -0.15) is 0 Å². The number of benzene rings is 1. The standard InChI is InChI=1S/C17H29N3O/c1-4-11-20(5-2)12-10-19-17(21)13-14(3)15-6-8-16(18)9-7-15/h6-9,14H,4-5,10-13,18H2,1-3H3,(H,19,21). The number of carbonyl (C=O) groups is 1. The lowest BCUT2D eigenvalue weighted by Crippen LogP contribution is -2.35. The molecule has 21 heavy (non-hydrogen) atoms. The summed E-state index contributed by atoms with van der Waals surface area (Å²) in [5, 5.41) is 3.01. The van der Waals surface area contributed by atoms with E-state index in [0.29, 0.717) is 6.42 Å². The van der Waals surface area contributed by atoms with Gasteiger partial charge in [-0.3, -0.25) is 4.79 Å². The van der Waals surface area contributed by atoms with Gasteiger partial charge in [-0.15, -0.1) is 0 Å². The zero-order chi connectivity index (χ0) is 15.7. The molecule has 1 aromatic carbocycles. The molecule has 0 heterocycles. The zero-order valence-electron chi connectivity index (χ0n) is 13.6. The van der Waals surface area contributed by atoms with Crippen LogP contribution in [0, 0.1) is 0 Å². The molecule has 0 radical (unpaired) electrons. The van der Waals surface area contributed by atoms with Gasteiger partial charge in [0.05, 0.1) is 0 Å². The van der Waals surface area contributed by atoms with Crippen molar-refractivity contribution in [2.24, 2.45) is 0 Å². The van der Waals surface area contributed by atoms with Crippen molar-refractivity contribution in [3.8, 4) is 0 Å². The fraction of sp³-hybridized carbons (Fsp3) is 0.588. The van der Waals surface area contributed by atoms with Crippen molar-refractivity contribution in [2.75, 3.05) is 31.9 Å². The number of amides is 1. The molecule has 4 nitrogen and oxygen atoms in total. The largest absolute Gasteiger partial charge is 0.399 e. The highest BCUT2D eigenvalue weighted by Gasteiger charge is 2.11. The maximum atomic E-state index is 12.0. The molecule has 118 valence electrons. The Morgan fingerprint density at radius 3 is 2.48 bits per heavy atom. The Labute approximate surface area is 128 Å². The van der Waals surface area contributed by atoms with Gasteiger partial charge in [-0.25, -0.2) is 0 Å². The van der Waals surface area contributed by atoms with Crippen LogP contribution >= 0.6 is 0 Å². The Morgan fingerprint density at radius 2 is 1.90 bits per heavy atom. The summed E-state index contributed by atoms with van der Waals surface area (Å²) in [6, 6.07) is 7.75. The lowest BCUT2D eigenvalue weighted by molar-refractivity contribution is -0.121. The molecule has 1 rings (SSSR count). The number of nitrogens with two attached hydrogens (primary N) is 1. The molecule has 0 fully saturated rings. The lowest BCUT2D eigenvalue weighted by atomic mass is 9.97. The average molecular weight is 291 g/mol. The highest BCUT2D eigenvalue weighted by atomic mass is 16.1. The zero-order valence-corrected chi connectivity index (χ0v) is 13.6. The van der Waals surface area contributed by atoms with Crippen LogP contribution in [0.4, 0.5) is 5.69 Å². The van der Waals surface area contributed by atoms with E-state index in [1.54, 1.807) is 0 Å². The Kier molecular flexibility index (Phi) is 7.83. The molecule has 1 amide bonds. The van der Waals surface area contributed by atoms with E-state index in [-0.39, 0.29) is 11.8 Å². The van der Waals surface area contributed by atoms with Crippen LogP contribution < -0.4 is 11.1 Å². The summed E-state index contributed by atoms with van der Waals surface area (Å²) in [7, 11) is 0. The molecule has 3 N–H and O–H groups in total. The van der Waals surface area contributed by atoms with Crippen molar-refractivity contribution in [2.45, 2.75) is 39.5 Å². The van der Waals surface area contributed by atoms with Crippen LogP contribution in [0.5, 0.6) is 0 Å². The normalized spacial score (nSPS) is 12.4. The first-order chi connectivity index (χ1) is 10.1. The van der Waals surface area contributed by atoms with E-state index in [2.05, 4.69) is 31.0 Å². The number of anilines is 1. The maximum absolute atomic E-state index is 12.0. The quantitative estimate of drug-likeness (QED) is 0.688. The van der Waals surface area contributed by atoms with Crippen molar-refractivity contribution in [3.05, 3.63) is 29.8 Å². The van der Waals surface area contributed by atoms with E-state index in [1.165, 1.54) is 0 Å². The summed E-state index contributed by atoms with van der Waals surface area (Å²) in [5.41, 5.74) is 7.58. The molecular weight excluding hydrogens is 262 g/mol. The molecule has 4 heteroatoms. The molecule has 0 saturated carbocycles. The summed E-state index contributed by atoms with van der Waals surface area (Å²) in [6.45, 7) is 10.2. The van der Waals surface area contributed by atoms with Gasteiger partial charge in [-0.1, -0.05) is 32.9 Å². The number of likely N-dealkylation sites (N-methyl/N-ethyl adjacent to an activating group) is 1. The molecule has 0 saturated heterocycles. The molecule has 0 aromatic heterocycles. The second-order valence-electron chi connectivity index (χ2n) is 5.56. The van der Waals surface area contributed by atoms with E-state index >= 15 is 0 Å². The number of nitrogen functional groups attached to an aromatic ring is 1. The number of nitrogens with one attached hydrogen (secondary N) is 1. The van der Waals surface area contributed by atoms with Crippen LogP contribution in [0.2, 0.25) is 0 Å². The summed E-state index contributed by atoms with van der Waals surface area (Å²) >= 11 is 0. The summed E-state index contributed by atoms with van der Waals surface area (Å²) in [6.07, 6.45) is 1.67. The molecule has 0 aliphatic heterocycles. The van der Waals surface area contributed by atoms with Gasteiger partial charge < -0.3 is 16.0 Å². The van der Waals surface area contributed by atoms with E-state index in [9.17, 15) is 4.79 Å². The third-order valence-corrected chi connectivity index (χ3v) is 3.73. The van der Waals surface area contributed by atoms with Crippen LogP contribution in [0.15, 0.2) is 24.3 Å². The van der Waals surface area contributed by atoms with E-state index < -0.39 is 0 Å². The second kappa shape index (κ2) is 9.40. The van der Waals surface area contributed by atoms with E-state index in [4.69, 9.17) is 5.73 Å². The predicted molar refractivity (Wildman–Crippen MR) is 89.3 cm³/mol. The highest BCUT2D eigenvalue weighted by molar-refractivity contribution is 5.76. The number of hydrogen-bond donors (Lipinski definition) is 2. The predicted octanol–water partition coefficient (Wildman–Crippen LogP) is 2.61. The molecule has 1 unspecified atom stereocenters. The summed E-state index contributed by atoms with van der Waals surface area (Å²) in [5.74, 6) is 0.329. The van der Waals surface area contributed by atoms with Gasteiger partial charge in [0.2, 0.25) is 5.91 Å². The minimum atomic E-state index is 0.117. The van der Waals surface area contributed by atoms with Crippen LogP contribution in [-0.4, -0.2) is 37.0 Å². The van der Waals surface area contributed by atoms with Gasteiger partial charge in [0.1, 0.15) is 0 Å². The number of hydrogen-bond acceptors (Lipinski definition) is 3. The Hall–Kier alpha value is -1.55. The third kappa shape index (κ3) is 6.63. The third-order valence-electron chi connectivity index (χ3n) is 3.73. The molecule has 0 aliphatic carbocycles. The minimum absolute atomic E-state index is 0.117. The first-order valence-corrected chi connectivity index (χ1v) is 7.91. The van der Waals surface area contributed by atoms with Crippen LogP contribution in [0.1, 0.15) is 45.1 Å². The molecule has 0 aliphatic rings. The minimum Gasteiger partial charge on any atom is -0.399 e. The average Bonchev–Trinajstić information content (AvgIpc) is 2.46. The van der Waals surface area contributed by atoms with Crippen molar-refractivity contribution >= 4 is 11.6 Å². The highest BCUT2D eigenvalue weighted by Crippen LogP contribution is 2.19. The van der Waals surface area contributed by atoms with Crippen molar-refractivity contribution in [1.82, 2.24) is 10.2 Å². The SMILES string of the molecule is CCCN(CC)CCNC(=O)CC(C)c1ccc(N)cc1. The fourth-order valence-corrected chi connectivity index (χ4v) is 2.39. The fourth-order valence-electron chi connectivity index (χ4n) is 2.39. The van der Waals surface area contributed by atoms with Gasteiger partial charge in [0, 0.05) is 25.2 Å². The first kappa shape index (κ1) is 17.5.